The predicted octanol–water partition coefficient (Wildman–Crippen LogP) is 3.40. The van der Waals surface area contributed by atoms with Crippen LogP contribution in [0.15, 0.2) is 22.7 Å². The van der Waals surface area contributed by atoms with Crippen LogP contribution in [-0.4, -0.2) is 31.3 Å². The molecule has 1 saturated heterocycles. The van der Waals surface area contributed by atoms with Gasteiger partial charge < -0.3 is 15.3 Å². The SMILES string of the molecule is CC(C)CNCc1ccc(Br)cc1N1CCC(CCO)C1. The minimum absolute atomic E-state index is 0.305. The molecule has 0 spiro atoms. The molecule has 21 heavy (non-hydrogen) atoms. The fourth-order valence-corrected chi connectivity index (χ4v) is 3.30. The summed E-state index contributed by atoms with van der Waals surface area (Å²) in [4.78, 5) is 2.47. The highest BCUT2D eigenvalue weighted by molar-refractivity contribution is 9.10. The van der Waals surface area contributed by atoms with Crippen molar-refractivity contribution >= 4 is 21.6 Å². The summed E-state index contributed by atoms with van der Waals surface area (Å²) >= 11 is 3.59. The smallest absolute Gasteiger partial charge is 0.0434 e. The summed E-state index contributed by atoms with van der Waals surface area (Å²) in [6.07, 6.45) is 2.11. The van der Waals surface area contributed by atoms with Gasteiger partial charge in [0.2, 0.25) is 0 Å². The number of nitrogens with one attached hydrogen (secondary N) is 1. The Morgan fingerprint density at radius 1 is 1.43 bits per heavy atom. The molecule has 0 amide bonds. The van der Waals surface area contributed by atoms with Crippen molar-refractivity contribution in [2.75, 3.05) is 31.1 Å². The Labute approximate surface area is 136 Å². The van der Waals surface area contributed by atoms with E-state index in [2.05, 4.69) is 58.2 Å². The topological polar surface area (TPSA) is 35.5 Å². The van der Waals surface area contributed by atoms with E-state index in [1.807, 2.05) is 0 Å². The Kier molecular flexibility index (Phi) is 6.52. The number of hydrogen-bond acceptors (Lipinski definition) is 3. The molecule has 2 N–H and O–H groups in total. The fourth-order valence-electron chi connectivity index (χ4n) is 2.95. The molecule has 3 nitrogen and oxygen atoms in total. The molecule has 1 aliphatic heterocycles. The van der Waals surface area contributed by atoms with E-state index in [9.17, 15) is 0 Å². The summed E-state index contributed by atoms with van der Waals surface area (Å²) in [6, 6.07) is 6.57. The third kappa shape index (κ3) is 4.97. The first-order valence-electron chi connectivity index (χ1n) is 7.95. The van der Waals surface area contributed by atoms with E-state index in [0.29, 0.717) is 18.4 Å². The third-order valence-corrected chi connectivity index (χ3v) is 4.57. The summed E-state index contributed by atoms with van der Waals surface area (Å²) in [6.45, 7) is 8.89. The lowest BCUT2D eigenvalue weighted by Crippen LogP contribution is -2.24. The number of halogens is 1. The van der Waals surface area contributed by atoms with Crippen LogP contribution in [-0.2, 0) is 6.54 Å². The molecular formula is C17H27BrN2O. The van der Waals surface area contributed by atoms with Crippen LogP contribution in [0.5, 0.6) is 0 Å². The molecule has 0 aliphatic carbocycles. The summed E-state index contributed by atoms with van der Waals surface area (Å²) < 4.78 is 1.13. The Bertz CT molecular complexity index is 450. The zero-order valence-electron chi connectivity index (χ0n) is 13.1. The van der Waals surface area contributed by atoms with E-state index < -0.39 is 0 Å². The monoisotopic (exact) mass is 354 g/mol. The molecule has 2 rings (SSSR count). The van der Waals surface area contributed by atoms with E-state index >= 15 is 0 Å². The number of anilines is 1. The first-order chi connectivity index (χ1) is 10.1. The second-order valence-corrected chi connectivity index (χ2v) is 7.33. The number of benzene rings is 1. The van der Waals surface area contributed by atoms with Crippen LogP contribution in [0, 0.1) is 11.8 Å². The van der Waals surface area contributed by atoms with E-state index in [1.165, 1.54) is 17.7 Å². The second-order valence-electron chi connectivity index (χ2n) is 6.41. The van der Waals surface area contributed by atoms with Crippen molar-refractivity contribution in [2.45, 2.75) is 33.2 Å². The van der Waals surface area contributed by atoms with Crippen molar-refractivity contribution in [3.63, 3.8) is 0 Å². The van der Waals surface area contributed by atoms with Crippen molar-refractivity contribution in [1.82, 2.24) is 5.32 Å². The molecule has 1 aromatic carbocycles. The predicted molar refractivity (Wildman–Crippen MR) is 92.7 cm³/mol. The van der Waals surface area contributed by atoms with Gasteiger partial charge >= 0.3 is 0 Å². The van der Waals surface area contributed by atoms with Crippen molar-refractivity contribution in [3.05, 3.63) is 28.2 Å². The van der Waals surface area contributed by atoms with E-state index in [4.69, 9.17) is 5.11 Å². The molecule has 0 saturated carbocycles. The number of rotatable bonds is 7. The Balaban J connectivity index is 2.05. The molecular weight excluding hydrogens is 328 g/mol. The lowest BCUT2D eigenvalue weighted by atomic mass is 10.1. The highest BCUT2D eigenvalue weighted by Crippen LogP contribution is 2.30. The summed E-state index contributed by atoms with van der Waals surface area (Å²) in [5.41, 5.74) is 2.70. The minimum atomic E-state index is 0.305. The molecule has 0 bridgehead atoms. The molecule has 0 radical (unpaired) electrons. The zero-order chi connectivity index (χ0) is 15.2. The van der Waals surface area contributed by atoms with E-state index in [1.54, 1.807) is 0 Å². The maximum absolute atomic E-state index is 9.11. The van der Waals surface area contributed by atoms with Crippen molar-refractivity contribution < 1.29 is 5.11 Å². The lowest BCUT2D eigenvalue weighted by molar-refractivity contribution is 0.263. The summed E-state index contributed by atoms with van der Waals surface area (Å²) in [5.74, 6) is 1.30. The average molecular weight is 355 g/mol. The fraction of sp³-hybridized carbons (Fsp3) is 0.647. The van der Waals surface area contributed by atoms with Crippen molar-refractivity contribution in [2.24, 2.45) is 11.8 Å². The highest BCUT2D eigenvalue weighted by atomic mass is 79.9. The maximum atomic E-state index is 9.11. The molecule has 1 aromatic rings. The molecule has 118 valence electrons. The Morgan fingerprint density at radius 3 is 2.95 bits per heavy atom. The van der Waals surface area contributed by atoms with Gasteiger partial charge in [-0.25, -0.2) is 0 Å². The van der Waals surface area contributed by atoms with Gasteiger partial charge in [0.05, 0.1) is 0 Å². The minimum Gasteiger partial charge on any atom is -0.396 e. The van der Waals surface area contributed by atoms with Gasteiger partial charge in [-0.3, -0.25) is 0 Å². The first-order valence-corrected chi connectivity index (χ1v) is 8.74. The molecule has 1 unspecified atom stereocenters. The Hall–Kier alpha value is -0.580. The molecule has 0 aromatic heterocycles. The van der Waals surface area contributed by atoms with Gasteiger partial charge in [0.1, 0.15) is 0 Å². The van der Waals surface area contributed by atoms with Gasteiger partial charge in [-0.1, -0.05) is 35.8 Å². The number of hydrogen-bond donors (Lipinski definition) is 2. The van der Waals surface area contributed by atoms with Crippen LogP contribution in [0.4, 0.5) is 5.69 Å². The van der Waals surface area contributed by atoms with E-state index in [-0.39, 0.29) is 0 Å². The third-order valence-electron chi connectivity index (χ3n) is 4.08. The highest BCUT2D eigenvalue weighted by Gasteiger charge is 2.23. The van der Waals surface area contributed by atoms with Crippen LogP contribution in [0.2, 0.25) is 0 Å². The van der Waals surface area contributed by atoms with Crippen molar-refractivity contribution in [3.8, 4) is 0 Å². The van der Waals surface area contributed by atoms with Crippen LogP contribution < -0.4 is 10.2 Å². The zero-order valence-corrected chi connectivity index (χ0v) is 14.7. The van der Waals surface area contributed by atoms with Gasteiger partial charge in [0.25, 0.3) is 0 Å². The van der Waals surface area contributed by atoms with Crippen LogP contribution in [0.25, 0.3) is 0 Å². The molecule has 1 atom stereocenters. The molecule has 4 heteroatoms. The molecule has 1 fully saturated rings. The number of aliphatic hydroxyl groups excluding tert-OH is 1. The second kappa shape index (κ2) is 8.16. The first kappa shape index (κ1) is 16.8. The van der Waals surface area contributed by atoms with Gasteiger partial charge in [-0.05, 0) is 48.9 Å². The Morgan fingerprint density at radius 2 is 2.24 bits per heavy atom. The van der Waals surface area contributed by atoms with Gasteiger partial charge in [-0.2, -0.15) is 0 Å². The largest absolute Gasteiger partial charge is 0.396 e. The van der Waals surface area contributed by atoms with E-state index in [0.717, 1.165) is 37.1 Å². The maximum Gasteiger partial charge on any atom is 0.0434 e. The number of aliphatic hydroxyl groups is 1. The lowest BCUT2D eigenvalue weighted by Gasteiger charge is -2.23. The molecule has 1 aliphatic rings. The summed E-state index contributed by atoms with van der Waals surface area (Å²) in [5, 5.41) is 12.7. The van der Waals surface area contributed by atoms with Gasteiger partial charge in [0, 0.05) is 36.4 Å². The average Bonchev–Trinajstić information content (AvgIpc) is 2.89. The van der Waals surface area contributed by atoms with Gasteiger partial charge in [0.15, 0.2) is 0 Å². The van der Waals surface area contributed by atoms with Gasteiger partial charge in [-0.15, -0.1) is 0 Å². The van der Waals surface area contributed by atoms with Crippen LogP contribution in [0.3, 0.4) is 0 Å². The quantitative estimate of drug-likeness (QED) is 0.787. The van der Waals surface area contributed by atoms with Crippen LogP contribution >= 0.6 is 15.9 Å². The van der Waals surface area contributed by atoms with Crippen LogP contribution in [0.1, 0.15) is 32.3 Å². The summed E-state index contributed by atoms with van der Waals surface area (Å²) in [7, 11) is 0. The normalized spacial score (nSPS) is 18.7. The van der Waals surface area contributed by atoms with Crippen molar-refractivity contribution in [1.29, 1.82) is 0 Å². The number of nitrogens with zero attached hydrogens (tertiary/aromatic N) is 1. The standard InChI is InChI=1S/C17H27BrN2O/c1-13(2)10-19-11-15-3-4-16(18)9-17(15)20-7-5-14(12-20)6-8-21/h3-4,9,13-14,19,21H,5-8,10-12H2,1-2H3. The molecule has 1 heterocycles.